The number of nitrogens with one attached hydrogen (secondary N) is 1. The Morgan fingerprint density at radius 2 is 2.21 bits per heavy atom. The molecule has 1 N–H and O–H groups in total. The number of aromatic nitrogens is 4. The average molecular weight is 415 g/mol. The standard InChI is InChI=1S/C20H20ClFN6O/c1-13(24-20(29)19-12-27(8-6-22)14(2)25-19)11-28-7-5-18(26-28)15-3-4-16(10-23)17(21)9-15/h3-5,7,9,12-13H,6,8,11H2,1-2H3,(H,24,29). The van der Waals surface area contributed by atoms with Crippen molar-refractivity contribution in [3.63, 3.8) is 0 Å². The van der Waals surface area contributed by atoms with Gasteiger partial charge < -0.3 is 9.88 Å². The highest BCUT2D eigenvalue weighted by Gasteiger charge is 2.15. The number of alkyl halides is 1. The van der Waals surface area contributed by atoms with Gasteiger partial charge in [0.25, 0.3) is 5.91 Å². The van der Waals surface area contributed by atoms with Crippen LogP contribution in [0.4, 0.5) is 4.39 Å². The van der Waals surface area contributed by atoms with Crippen LogP contribution in [0.3, 0.4) is 0 Å². The fourth-order valence-electron chi connectivity index (χ4n) is 2.94. The first-order chi connectivity index (χ1) is 13.9. The summed E-state index contributed by atoms with van der Waals surface area (Å²) >= 11 is 6.09. The van der Waals surface area contributed by atoms with E-state index in [2.05, 4.69) is 15.4 Å². The van der Waals surface area contributed by atoms with Gasteiger partial charge in [-0.15, -0.1) is 0 Å². The third kappa shape index (κ3) is 4.81. The molecule has 0 aliphatic heterocycles. The summed E-state index contributed by atoms with van der Waals surface area (Å²) in [5, 5.41) is 16.7. The van der Waals surface area contributed by atoms with Crippen molar-refractivity contribution >= 4 is 17.5 Å². The highest BCUT2D eigenvalue weighted by molar-refractivity contribution is 6.32. The van der Waals surface area contributed by atoms with E-state index in [0.29, 0.717) is 23.0 Å². The Bertz CT molecular complexity index is 1070. The SMILES string of the molecule is Cc1nc(C(=O)NC(C)Cn2ccc(-c3ccc(C#N)c(Cl)c3)n2)cn1CCF. The predicted molar refractivity (Wildman–Crippen MR) is 107 cm³/mol. The summed E-state index contributed by atoms with van der Waals surface area (Å²) in [6, 6.07) is 8.81. The van der Waals surface area contributed by atoms with Gasteiger partial charge in [0.2, 0.25) is 0 Å². The van der Waals surface area contributed by atoms with Gasteiger partial charge in [0.1, 0.15) is 24.3 Å². The van der Waals surface area contributed by atoms with Gasteiger partial charge in [-0.2, -0.15) is 10.4 Å². The zero-order valence-electron chi connectivity index (χ0n) is 16.1. The molecular formula is C20H20ClFN6O. The Labute approximate surface area is 172 Å². The van der Waals surface area contributed by atoms with E-state index in [4.69, 9.17) is 16.9 Å². The molecule has 3 aromatic rings. The van der Waals surface area contributed by atoms with Gasteiger partial charge in [-0.3, -0.25) is 9.48 Å². The number of hydrogen-bond donors (Lipinski definition) is 1. The minimum absolute atomic E-state index is 0.178. The Morgan fingerprint density at radius 1 is 1.41 bits per heavy atom. The first-order valence-corrected chi connectivity index (χ1v) is 9.43. The molecule has 0 bridgehead atoms. The van der Waals surface area contributed by atoms with Crippen LogP contribution in [0, 0.1) is 18.3 Å². The Balaban J connectivity index is 1.63. The molecule has 2 heterocycles. The molecule has 0 saturated carbocycles. The quantitative estimate of drug-likeness (QED) is 0.642. The van der Waals surface area contributed by atoms with Crippen LogP contribution in [0.25, 0.3) is 11.3 Å². The summed E-state index contributed by atoms with van der Waals surface area (Å²) in [6.45, 7) is 3.72. The van der Waals surface area contributed by atoms with Crippen molar-refractivity contribution in [1.82, 2.24) is 24.6 Å². The monoisotopic (exact) mass is 414 g/mol. The lowest BCUT2D eigenvalue weighted by atomic mass is 10.1. The number of carbonyl (C=O) groups is 1. The van der Waals surface area contributed by atoms with Crippen molar-refractivity contribution in [2.24, 2.45) is 0 Å². The maximum atomic E-state index is 12.5. The molecule has 9 heteroatoms. The number of imidazole rings is 1. The van der Waals surface area contributed by atoms with Gasteiger partial charge in [-0.25, -0.2) is 9.37 Å². The van der Waals surface area contributed by atoms with E-state index in [1.54, 1.807) is 40.6 Å². The molecule has 29 heavy (non-hydrogen) atoms. The van der Waals surface area contributed by atoms with Crippen LogP contribution in [0.5, 0.6) is 0 Å². The highest BCUT2D eigenvalue weighted by atomic mass is 35.5. The first-order valence-electron chi connectivity index (χ1n) is 9.05. The van der Waals surface area contributed by atoms with Gasteiger partial charge in [-0.1, -0.05) is 17.7 Å². The van der Waals surface area contributed by atoms with Crippen LogP contribution in [-0.2, 0) is 13.1 Å². The second kappa shape index (κ2) is 8.88. The third-order valence-electron chi connectivity index (χ3n) is 4.40. The van der Waals surface area contributed by atoms with Gasteiger partial charge in [0.05, 0.1) is 29.4 Å². The number of nitrogens with zero attached hydrogens (tertiary/aromatic N) is 5. The zero-order valence-corrected chi connectivity index (χ0v) is 16.8. The number of nitriles is 1. The summed E-state index contributed by atoms with van der Waals surface area (Å²) in [4.78, 5) is 16.6. The zero-order chi connectivity index (χ0) is 21.0. The van der Waals surface area contributed by atoms with Crippen molar-refractivity contribution in [1.29, 1.82) is 5.26 Å². The molecule has 7 nitrogen and oxygen atoms in total. The van der Waals surface area contributed by atoms with E-state index in [9.17, 15) is 9.18 Å². The molecule has 1 amide bonds. The molecule has 0 spiro atoms. The molecular weight excluding hydrogens is 395 g/mol. The molecule has 150 valence electrons. The van der Waals surface area contributed by atoms with Crippen molar-refractivity contribution in [3.05, 3.63) is 58.8 Å². The molecule has 1 aromatic carbocycles. The Hall–Kier alpha value is -3.18. The maximum Gasteiger partial charge on any atom is 0.271 e. The highest BCUT2D eigenvalue weighted by Crippen LogP contribution is 2.24. The van der Waals surface area contributed by atoms with E-state index in [-0.39, 0.29) is 24.2 Å². The third-order valence-corrected chi connectivity index (χ3v) is 4.71. The summed E-state index contributed by atoms with van der Waals surface area (Å²) in [5.74, 6) is 0.280. The van der Waals surface area contributed by atoms with Crippen LogP contribution < -0.4 is 5.32 Å². The largest absolute Gasteiger partial charge is 0.346 e. The predicted octanol–water partition coefficient (Wildman–Crippen LogP) is 3.37. The number of halogens is 2. The fraction of sp³-hybridized carbons (Fsp3) is 0.300. The maximum absolute atomic E-state index is 12.5. The minimum Gasteiger partial charge on any atom is -0.346 e. The number of carbonyl (C=O) groups excluding carboxylic acids is 1. The second-order valence-electron chi connectivity index (χ2n) is 6.66. The van der Waals surface area contributed by atoms with Gasteiger partial charge in [0.15, 0.2) is 0 Å². The molecule has 1 unspecified atom stereocenters. The van der Waals surface area contributed by atoms with Crippen LogP contribution in [-0.4, -0.2) is 38.0 Å². The Morgan fingerprint density at radius 3 is 2.90 bits per heavy atom. The van der Waals surface area contributed by atoms with Crippen LogP contribution in [0.2, 0.25) is 5.02 Å². The lowest BCUT2D eigenvalue weighted by Crippen LogP contribution is -2.36. The summed E-state index contributed by atoms with van der Waals surface area (Å²) in [7, 11) is 0. The van der Waals surface area contributed by atoms with E-state index in [1.807, 2.05) is 25.3 Å². The number of rotatable bonds is 7. The van der Waals surface area contributed by atoms with E-state index < -0.39 is 6.67 Å². The lowest BCUT2D eigenvalue weighted by Gasteiger charge is -2.13. The van der Waals surface area contributed by atoms with Crippen LogP contribution >= 0.6 is 11.6 Å². The molecule has 2 aromatic heterocycles. The Kier molecular flexibility index (Phi) is 6.29. The fourth-order valence-corrected chi connectivity index (χ4v) is 3.16. The first kappa shape index (κ1) is 20.6. The average Bonchev–Trinajstić information content (AvgIpc) is 3.29. The van der Waals surface area contributed by atoms with Gasteiger partial charge >= 0.3 is 0 Å². The molecule has 0 fully saturated rings. The molecule has 0 aliphatic rings. The van der Waals surface area contributed by atoms with Crippen molar-refractivity contribution < 1.29 is 9.18 Å². The van der Waals surface area contributed by atoms with Gasteiger partial charge in [0, 0.05) is 24.0 Å². The van der Waals surface area contributed by atoms with Crippen molar-refractivity contribution in [2.45, 2.75) is 33.0 Å². The lowest BCUT2D eigenvalue weighted by molar-refractivity contribution is 0.0931. The smallest absolute Gasteiger partial charge is 0.271 e. The number of aryl methyl sites for hydroxylation is 2. The van der Waals surface area contributed by atoms with Crippen molar-refractivity contribution in [2.75, 3.05) is 6.67 Å². The summed E-state index contributed by atoms with van der Waals surface area (Å²) in [6.07, 6.45) is 3.36. The number of hydrogen-bond acceptors (Lipinski definition) is 4. The van der Waals surface area contributed by atoms with Crippen LogP contribution in [0.1, 0.15) is 28.8 Å². The summed E-state index contributed by atoms with van der Waals surface area (Å²) < 4.78 is 15.9. The van der Waals surface area contributed by atoms with E-state index >= 15 is 0 Å². The normalized spacial score (nSPS) is 11.8. The molecule has 0 radical (unpaired) electrons. The second-order valence-corrected chi connectivity index (χ2v) is 7.07. The topological polar surface area (TPSA) is 88.5 Å². The van der Waals surface area contributed by atoms with E-state index in [0.717, 1.165) is 11.3 Å². The molecule has 0 aliphatic carbocycles. The van der Waals surface area contributed by atoms with Gasteiger partial charge in [-0.05, 0) is 32.0 Å². The van der Waals surface area contributed by atoms with Crippen molar-refractivity contribution in [3.8, 4) is 17.3 Å². The van der Waals surface area contributed by atoms with E-state index in [1.165, 1.54) is 0 Å². The molecule has 1 atom stereocenters. The minimum atomic E-state index is -0.513. The molecule has 0 saturated heterocycles. The van der Waals surface area contributed by atoms with Crippen LogP contribution in [0.15, 0.2) is 36.7 Å². The summed E-state index contributed by atoms with van der Waals surface area (Å²) in [5.41, 5.74) is 2.19. The number of benzene rings is 1. The number of amides is 1. The molecule has 3 rings (SSSR count).